The molecule has 240 valence electrons. The number of sulfonamides is 1. The highest BCUT2D eigenvalue weighted by Gasteiger charge is 2.57. The standard InChI is InChI=1S/C28H27F4N5O7S/c1-26(36-45(3,41)42)14-44-23-19(26)9-21(35-22(23)15-4-6-17(29)7-5-15)27(40,28(30,31)32)13-33-25(39)16-8-20(43-2)24-34-18(12-38)11-37(24)10-16/h4-11,36,38,40H,12-14H2,1-3H3,(H,33,39)/t26-,27-/m0/s1. The van der Waals surface area contributed by atoms with Gasteiger partial charge in [-0.05, 0) is 43.3 Å². The van der Waals surface area contributed by atoms with Gasteiger partial charge in [0, 0.05) is 23.5 Å². The van der Waals surface area contributed by atoms with Gasteiger partial charge in [0.1, 0.15) is 18.1 Å². The molecule has 1 aliphatic heterocycles. The third-order valence-electron chi connectivity index (χ3n) is 7.21. The van der Waals surface area contributed by atoms with Crippen LogP contribution in [0.2, 0.25) is 0 Å². The van der Waals surface area contributed by atoms with Crippen LogP contribution in [0.3, 0.4) is 0 Å². The van der Waals surface area contributed by atoms with Gasteiger partial charge < -0.3 is 29.4 Å². The molecule has 0 spiro atoms. The lowest BCUT2D eigenvalue weighted by molar-refractivity contribution is -0.265. The minimum Gasteiger partial charge on any atom is -0.493 e. The molecule has 2 atom stereocenters. The lowest BCUT2D eigenvalue weighted by Gasteiger charge is -2.32. The van der Waals surface area contributed by atoms with E-state index in [-0.39, 0.29) is 51.8 Å². The first-order valence-electron chi connectivity index (χ1n) is 13.2. The molecule has 0 bridgehead atoms. The number of nitrogens with one attached hydrogen (secondary N) is 2. The van der Waals surface area contributed by atoms with E-state index in [9.17, 15) is 41.0 Å². The Morgan fingerprint density at radius 1 is 1.18 bits per heavy atom. The highest BCUT2D eigenvalue weighted by molar-refractivity contribution is 7.88. The summed E-state index contributed by atoms with van der Waals surface area (Å²) in [6.45, 7) is -0.767. The summed E-state index contributed by atoms with van der Waals surface area (Å²) in [5.41, 5.74) is -6.18. The number of hydrogen-bond acceptors (Lipinski definition) is 9. The summed E-state index contributed by atoms with van der Waals surface area (Å²) in [4.78, 5) is 21.3. The molecule has 0 radical (unpaired) electrons. The molecular weight excluding hydrogens is 626 g/mol. The van der Waals surface area contributed by atoms with E-state index in [4.69, 9.17) is 9.47 Å². The molecule has 17 heteroatoms. The molecule has 0 aliphatic carbocycles. The van der Waals surface area contributed by atoms with Gasteiger partial charge in [-0.25, -0.2) is 27.5 Å². The summed E-state index contributed by atoms with van der Waals surface area (Å²) in [7, 11) is -2.62. The number of benzene rings is 1. The molecular formula is C28H27F4N5O7S. The third-order valence-corrected chi connectivity index (χ3v) is 8.03. The van der Waals surface area contributed by atoms with E-state index in [1.54, 1.807) is 0 Å². The molecule has 45 heavy (non-hydrogen) atoms. The van der Waals surface area contributed by atoms with Crippen LogP contribution >= 0.6 is 0 Å². The van der Waals surface area contributed by atoms with E-state index in [1.807, 2.05) is 0 Å². The highest BCUT2D eigenvalue weighted by atomic mass is 32.2. The molecule has 0 saturated carbocycles. The number of rotatable bonds is 9. The molecule has 1 aromatic carbocycles. The van der Waals surface area contributed by atoms with E-state index in [2.05, 4.69) is 20.0 Å². The Bertz CT molecular complexity index is 1900. The van der Waals surface area contributed by atoms with Gasteiger partial charge in [0.15, 0.2) is 17.1 Å². The zero-order chi connectivity index (χ0) is 32.9. The maximum Gasteiger partial charge on any atom is 0.424 e. The fourth-order valence-corrected chi connectivity index (χ4v) is 5.99. The minimum atomic E-state index is -5.41. The lowest BCUT2D eigenvalue weighted by Crippen LogP contribution is -2.52. The number of halogens is 4. The number of aliphatic hydroxyl groups is 2. The van der Waals surface area contributed by atoms with Gasteiger partial charge in [-0.2, -0.15) is 13.2 Å². The summed E-state index contributed by atoms with van der Waals surface area (Å²) >= 11 is 0. The number of imidazole rings is 1. The summed E-state index contributed by atoms with van der Waals surface area (Å²) in [6.07, 6.45) is -1.90. The van der Waals surface area contributed by atoms with Crippen LogP contribution in [0, 0.1) is 5.82 Å². The first-order valence-corrected chi connectivity index (χ1v) is 15.0. The Hall–Kier alpha value is -4.32. The molecule has 1 amide bonds. The molecule has 0 unspecified atom stereocenters. The monoisotopic (exact) mass is 653 g/mol. The number of pyridine rings is 2. The van der Waals surface area contributed by atoms with Crippen molar-refractivity contribution in [1.29, 1.82) is 0 Å². The average molecular weight is 654 g/mol. The Morgan fingerprint density at radius 3 is 2.47 bits per heavy atom. The third kappa shape index (κ3) is 6.03. The molecule has 4 aromatic rings. The van der Waals surface area contributed by atoms with Crippen molar-refractivity contribution in [3.05, 3.63) is 77.1 Å². The summed E-state index contributed by atoms with van der Waals surface area (Å²) in [5, 5.41) is 22.8. The van der Waals surface area contributed by atoms with E-state index in [0.29, 0.717) is 0 Å². The van der Waals surface area contributed by atoms with Crippen LogP contribution in [0.4, 0.5) is 17.6 Å². The quantitative estimate of drug-likeness (QED) is 0.199. The zero-order valence-corrected chi connectivity index (χ0v) is 24.8. The van der Waals surface area contributed by atoms with Crippen LogP contribution in [0.25, 0.3) is 16.9 Å². The Morgan fingerprint density at radius 2 is 1.87 bits per heavy atom. The van der Waals surface area contributed by atoms with Crippen molar-refractivity contribution < 1.29 is 50.5 Å². The first-order chi connectivity index (χ1) is 21.0. The van der Waals surface area contributed by atoms with Crippen molar-refractivity contribution in [2.45, 2.75) is 30.8 Å². The summed E-state index contributed by atoms with van der Waals surface area (Å²) in [6, 6.07) is 6.66. The fourth-order valence-electron chi connectivity index (χ4n) is 5.01. The van der Waals surface area contributed by atoms with Crippen molar-refractivity contribution in [2.24, 2.45) is 0 Å². The molecule has 3 aromatic heterocycles. The van der Waals surface area contributed by atoms with Gasteiger partial charge in [0.2, 0.25) is 15.6 Å². The molecule has 0 fully saturated rings. The Kier molecular flexibility index (Phi) is 8.01. The van der Waals surface area contributed by atoms with Crippen molar-refractivity contribution in [1.82, 2.24) is 24.4 Å². The number of nitrogens with zero attached hydrogens (tertiary/aromatic N) is 3. The fraction of sp³-hybridized carbons (Fsp3) is 0.321. The number of amides is 1. The van der Waals surface area contributed by atoms with Crippen molar-refractivity contribution >= 4 is 21.6 Å². The topological polar surface area (TPSA) is 164 Å². The molecule has 0 saturated heterocycles. The molecule has 12 nitrogen and oxygen atoms in total. The largest absolute Gasteiger partial charge is 0.493 e. The zero-order valence-electron chi connectivity index (χ0n) is 23.9. The van der Waals surface area contributed by atoms with Gasteiger partial charge in [-0.3, -0.25) is 4.79 Å². The second-order valence-corrected chi connectivity index (χ2v) is 12.4. The second kappa shape index (κ2) is 11.2. The number of carbonyl (C=O) groups excluding carboxylic acids is 1. The van der Waals surface area contributed by atoms with Gasteiger partial charge >= 0.3 is 6.18 Å². The minimum absolute atomic E-state index is 0.0683. The molecule has 5 rings (SSSR count). The normalized spacial score (nSPS) is 17.9. The Labute approximate surface area is 253 Å². The van der Waals surface area contributed by atoms with Gasteiger partial charge in [0.25, 0.3) is 5.91 Å². The predicted octanol–water partition coefficient (Wildman–Crippen LogP) is 2.37. The van der Waals surface area contributed by atoms with E-state index < -0.39 is 57.9 Å². The van der Waals surface area contributed by atoms with Crippen molar-refractivity contribution in [3.63, 3.8) is 0 Å². The summed E-state index contributed by atoms with van der Waals surface area (Å²) < 4.78 is 96.8. The number of fused-ring (bicyclic) bond motifs is 2. The molecule has 1 aliphatic rings. The lowest BCUT2D eigenvalue weighted by atomic mass is 9.89. The number of hydrogen-bond donors (Lipinski definition) is 4. The van der Waals surface area contributed by atoms with Crippen LogP contribution in [0.5, 0.6) is 11.5 Å². The number of methoxy groups -OCH3 is 1. The van der Waals surface area contributed by atoms with Gasteiger partial charge in [-0.15, -0.1) is 0 Å². The average Bonchev–Trinajstić information content (AvgIpc) is 3.54. The first kappa shape index (κ1) is 32.1. The molecule has 4 heterocycles. The SMILES string of the molecule is COc1cc(C(=O)NC[C@](O)(c2cc3c(c(-c4ccc(F)cc4)n2)OC[C@]3(C)NS(C)(=O)=O)C(F)(F)F)cn2cc(CO)nc12. The number of carbonyl (C=O) groups is 1. The van der Waals surface area contributed by atoms with Crippen LogP contribution in [0.15, 0.2) is 48.8 Å². The molecule has 4 N–H and O–H groups in total. The van der Waals surface area contributed by atoms with Crippen LogP contribution in [-0.4, -0.2) is 71.6 Å². The Balaban J connectivity index is 1.59. The maximum atomic E-state index is 14.7. The van der Waals surface area contributed by atoms with Crippen molar-refractivity contribution in [2.75, 3.05) is 26.5 Å². The van der Waals surface area contributed by atoms with Crippen LogP contribution < -0.4 is 19.5 Å². The number of aliphatic hydroxyl groups excluding tert-OH is 1. The van der Waals surface area contributed by atoms with Gasteiger partial charge in [0.05, 0.1) is 49.0 Å². The van der Waals surface area contributed by atoms with Gasteiger partial charge in [-0.1, -0.05) is 0 Å². The second-order valence-electron chi connectivity index (χ2n) is 10.7. The maximum absolute atomic E-state index is 14.7. The number of alkyl halides is 3. The number of ether oxygens (including phenoxy) is 2. The van der Waals surface area contributed by atoms with Crippen LogP contribution in [0.1, 0.15) is 34.2 Å². The van der Waals surface area contributed by atoms with Crippen LogP contribution in [-0.2, 0) is 27.8 Å². The van der Waals surface area contributed by atoms with E-state index in [0.717, 1.165) is 24.5 Å². The predicted molar refractivity (Wildman–Crippen MR) is 150 cm³/mol. The smallest absolute Gasteiger partial charge is 0.424 e. The highest BCUT2D eigenvalue weighted by Crippen LogP contribution is 2.47. The van der Waals surface area contributed by atoms with Crippen molar-refractivity contribution in [3.8, 4) is 22.8 Å². The van der Waals surface area contributed by atoms with E-state index in [1.165, 1.54) is 49.0 Å². The summed E-state index contributed by atoms with van der Waals surface area (Å²) in [5.74, 6) is -1.64. The van der Waals surface area contributed by atoms with E-state index >= 15 is 0 Å². The number of aromatic nitrogens is 3.